The predicted octanol–water partition coefficient (Wildman–Crippen LogP) is 3.08. The van der Waals surface area contributed by atoms with E-state index >= 15 is 0 Å². The minimum absolute atomic E-state index is 0.306. The van der Waals surface area contributed by atoms with E-state index in [1.807, 2.05) is 0 Å². The minimum atomic E-state index is 0.306. The van der Waals surface area contributed by atoms with Crippen molar-refractivity contribution in [3.63, 3.8) is 0 Å². The van der Waals surface area contributed by atoms with E-state index < -0.39 is 0 Å². The Kier molecular flexibility index (Phi) is 6.15. The van der Waals surface area contributed by atoms with E-state index in [1.165, 1.54) is 51.4 Å². The Morgan fingerprint density at radius 2 is 1.58 bits per heavy atom. The highest BCUT2D eigenvalue weighted by molar-refractivity contribution is 5.76. The summed E-state index contributed by atoms with van der Waals surface area (Å²) in [6, 6.07) is 0.306. The quantitative estimate of drug-likeness (QED) is 0.798. The first-order valence-electron chi connectivity index (χ1n) is 8.31. The lowest BCUT2D eigenvalue weighted by molar-refractivity contribution is -0.134. The van der Waals surface area contributed by atoms with Gasteiger partial charge < -0.3 is 10.6 Å². The summed E-state index contributed by atoms with van der Waals surface area (Å²) in [6.07, 6.45) is 13.4. The molecule has 1 saturated carbocycles. The SMILES string of the molecule is NCC1CCCCCN1C(=O)CC1CCCCCC1. The van der Waals surface area contributed by atoms with Crippen molar-refractivity contribution in [2.45, 2.75) is 76.7 Å². The molecule has 19 heavy (non-hydrogen) atoms. The number of carbonyl (C=O) groups excluding carboxylic acids is 1. The number of carbonyl (C=O) groups is 1. The number of hydrogen-bond donors (Lipinski definition) is 1. The standard InChI is InChI=1S/C16H30N2O/c17-13-15-10-6-3-7-11-18(15)16(19)12-14-8-4-1-2-5-9-14/h14-15H,1-13,17H2. The Balaban J connectivity index is 1.88. The van der Waals surface area contributed by atoms with Crippen LogP contribution in [-0.4, -0.2) is 29.9 Å². The molecule has 0 radical (unpaired) electrons. The molecule has 1 amide bonds. The molecule has 0 aromatic rings. The van der Waals surface area contributed by atoms with Crippen molar-refractivity contribution in [1.29, 1.82) is 0 Å². The van der Waals surface area contributed by atoms with Gasteiger partial charge in [-0.1, -0.05) is 38.5 Å². The second-order valence-corrected chi connectivity index (χ2v) is 6.39. The fourth-order valence-electron chi connectivity index (χ4n) is 3.68. The van der Waals surface area contributed by atoms with Crippen LogP contribution in [0.3, 0.4) is 0 Å². The molecule has 0 aromatic carbocycles. The fraction of sp³-hybridized carbons (Fsp3) is 0.938. The van der Waals surface area contributed by atoms with Crippen molar-refractivity contribution in [1.82, 2.24) is 4.90 Å². The van der Waals surface area contributed by atoms with E-state index in [9.17, 15) is 4.79 Å². The van der Waals surface area contributed by atoms with Crippen LogP contribution in [0.1, 0.15) is 70.6 Å². The van der Waals surface area contributed by atoms with Gasteiger partial charge in [0.1, 0.15) is 0 Å². The number of likely N-dealkylation sites (tertiary alicyclic amines) is 1. The molecule has 2 fully saturated rings. The number of amides is 1. The molecule has 110 valence electrons. The summed E-state index contributed by atoms with van der Waals surface area (Å²) < 4.78 is 0. The molecule has 2 rings (SSSR count). The Morgan fingerprint density at radius 1 is 0.947 bits per heavy atom. The topological polar surface area (TPSA) is 46.3 Å². The van der Waals surface area contributed by atoms with Crippen molar-refractivity contribution >= 4 is 5.91 Å². The molecule has 0 spiro atoms. The Hall–Kier alpha value is -0.570. The van der Waals surface area contributed by atoms with Gasteiger partial charge in [0.25, 0.3) is 0 Å². The summed E-state index contributed by atoms with van der Waals surface area (Å²) in [4.78, 5) is 14.7. The zero-order valence-electron chi connectivity index (χ0n) is 12.3. The lowest BCUT2D eigenvalue weighted by Gasteiger charge is -2.30. The second-order valence-electron chi connectivity index (χ2n) is 6.39. The largest absolute Gasteiger partial charge is 0.338 e. The van der Waals surface area contributed by atoms with Crippen molar-refractivity contribution in [2.75, 3.05) is 13.1 Å². The van der Waals surface area contributed by atoms with Gasteiger partial charge in [-0.05, 0) is 31.6 Å². The van der Waals surface area contributed by atoms with Crippen LogP contribution in [0, 0.1) is 5.92 Å². The van der Waals surface area contributed by atoms with E-state index in [1.54, 1.807) is 0 Å². The van der Waals surface area contributed by atoms with Crippen LogP contribution in [0.2, 0.25) is 0 Å². The number of hydrogen-bond acceptors (Lipinski definition) is 2. The fourth-order valence-corrected chi connectivity index (χ4v) is 3.68. The summed E-state index contributed by atoms with van der Waals surface area (Å²) in [5, 5.41) is 0. The molecule has 1 atom stereocenters. The van der Waals surface area contributed by atoms with Crippen LogP contribution >= 0.6 is 0 Å². The van der Waals surface area contributed by atoms with Gasteiger partial charge in [-0.2, -0.15) is 0 Å². The van der Waals surface area contributed by atoms with Crippen molar-refractivity contribution in [2.24, 2.45) is 11.7 Å². The van der Waals surface area contributed by atoms with E-state index in [0.717, 1.165) is 25.8 Å². The predicted molar refractivity (Wildman–Crippen MR) is 78.8 cm³/mol. The van der Waals surface area contributed by atoms with Gasteiger partial charge in [-0.25, -0.2) is 0 Å². The highest BCUT2D eigenvalue weighted by Crippen LogP contribution is 2.27. The van der Waals surface area contributed by atoms with Gasteiger partial charge in [-0.15, -0.1) is 0 Å². The van der Waals surface area contributed by atoms with E-state index in [0.29, 0.717) is 24.4 Å². The zero-order chi connectivity index (χ0) is 13.5. The average molecular weight is 266 g/mol. The molecule has 0 aromatic heterocycles. The van der Waals surface area contributed by atoms with Crippen molar-refractivity contribution in [3.05, 3.63) is 0 Å². The maximum Gasteiger partial charge on any atom is 0.223 e. The van der Waals surface area contributed by atoms with Gasteiger partial charge in [-0.3, -0.25) is 4.79 Å². The van der Waals surface area contributed by atoms with Crippen molar-refractivity contribution < 1.29 is 4.79 Å². The molecule has 1 heterocycles. The van der Waals surface area contributed by atoms with E-state index in [-0.39, 0.29) is 0 Å². The Morgan fingerprint density at radius 3 is 2.26 bits per heavy atom. The summed E-state index contributed by atoms with van der Waals surface area (Å²) in [7, 11) is 0. The Bertz CT molecular complexity index is 272. The van der Waals surface area contributed by atoms with Gasteiger partial charge in [0, 0.05) is 25.6 Å². The van der Waals surface area contributed by atoms with Gasteiger partial charge in [0.2, 0.25) is 5.91 Å². The average Bonchev–Trinajstić information content (AvgIpc) is 2.80. The van der Waals surface area contributed by atoms with E-state index in [4.69, 9.17) is 5.73 Å². The Labute approximate surface area is 117 Å². The van der Waals surface area contributed by atoms with Crippen LogP contribution < -0.4 is 5.73 Å². The number of rotatable bonds is 3. The molecular weight excluding hydrogens is 236 g/mol. The van der Waals surface area contributed by atoms with Crippen LogP contribution in [0.4, 0.5) is 0 Å². The van der Waals surface area contributed by atoms with Crippen LogP contribution in [-0.2, 0) is 4.79 Å². The molecule has 3 heteroatoms. The maximum atomic E-state index is 12.6. The van der Waals surface area contributed by atoms with Gasteiger partial charge >= 0.3 is 0 Å². The summed E-state index contributed by atoms with van der Waals surface area (Å²) in [5.41, 5.74) is 5.87. The minimum Gasteiger partial charge on any atom is -0.338 e. The highest BCUT2D eigenvalue weighted by Gasteiger charge is 2.26. The highest BCUT2D eigenvalue weighted by atomic mass is 16.2. The normalized spacial score (nSPS) is 26.8. The first-order chi connectivity index (χ1) is 9.31. The summed E-state index contributed by atoms with van der Waals surface area (Å²) in [5.74, 6) is 1.01. The number of nitrogens with two attached hydrogens (primary N) is 1. The van der Waals surface area contributed by atoms with Gasteiger partial charge in [0.05, 0.1) is 0 Å². The third kappa shape index (κ3) is 4.48. The third-order valence-corrected chi connectivity index (χ3v) is 4.91. The molecule has 2 aliphatic rings. The molecule has 1 unspecified atom stereocenters. The second kappa shape index (κ2) is 7.88. The lowest BCUT2D eigenvalue weighted by atomic mass is 9.95. The van der Waals surface area contributed by atoms with Gasteiger partial charge in [0.15, 0.2) is 0 Å². The molecular formula is C16H30N2O. The van der Waals surface area contributed by atoms with Crippen LogP contribution in [0.15, 0.2) is 0 Å². The first-order valence-corrected chi connectivity index (χ1v) is 8.31. The smallest absolute Gasteiger partial charge is 0.223 e. The van der Waals surface area contributed by atoms with Crippen LogP contribution in [0.5, 0.6) is 0 Å². The lowest BCUT2D eigenvalue weighted by Crippen LogP contribution is -2.44. The summed E-state index contributed by atoms with van der Waals surface area (Å²) >= 11 is 0. The molecule has 2 N–H and O–H groups in total. The molecule has 1 aliphatic carbocycles. The molecule has 1 aliphatic heterocycles. The van der Waals surface area contributed by atoms with Crippen molar-refractivity contribution in [3.8, 4) is 0 Å². The first kappa shape index (κ1) is 14.8. The maximum absolute atomic E-state index is 12.6. The zero-order valence-corrected chi connectivity index (χ0v) is 12.3. The summed E-state index contributed by atoms with van der Waals surface area (Å²) in [6.45, 7) is 1.57. The number of nitrogens with zero attached hydrogens (tertiary/aromatic N) is 1. The third-order valence-electron chi connectivity index (χ3n) is 4.91. The van der Waals surface area contributed by atoms with E-state index in [2.05, 4.69) is 4.90 Å². The molecule has 0 bridgehead atoms. The van der Waals surface area contributed by atoms with Crippen LogP contribution in [0.25, 0.3) is 0 Å². The monoisotopic (exact) mass is 266 g/mol. The molecule has 3 nitrogen and oxygen atoms in total. The molecule has 1 saturated heterocycles.